The van der Waals surface area contributed by atoms with Gasteiger partial charge in [0.05, 0.1) is 6.42 Å². The molecule has 0 aliphatic rings. The number of halogens is 3. The van der Waals surface area contributed by atoms with Crippen molar-refractivity contribution in [3.8, 4) is 5.75 Å². The summed E-state index contributed by atoms with van der Waals surface area (Å²) in [5.41, 5.74) is 2.04. The third-order valence-corrected chi connectivity index (χ3v) is 4.23. The molecule has 0 unspecified atom stereocenters. The molecule has 2 aromatic carbocycles. The monoisotopic (exact) mass is 408 g/mol. The van der Waals surface area contributed by atoms with Crippen molar-refractivity contribution < 1.29 is 27.5 Å². The van der Waals surface area contributed by atoms with Crippen molar-refractivity contribution in [3.63, 3.8) is 0 Å². The number of hydrogen-bond donors (Lipinski definition) is 0. The maximum absolute atomic E-state index is 12.6. The van der Waals surface area contributed by atoms with E-state index in [-0.39, 0.29) is 24.0 Å². The Morgan fingerprint density at radius 3 is 1.97 bits per heavy atom. The molecule has 0 atom stereocenters. The van der Waals surface area contributed by atoms with Gasteiger partial charge in [-0.2, -0.15) is 0 Å². The highest BCUT2D eigenvalue weighted by molar-refractivity contribution is 5.93. The van der Waals surface area contributed by atoms with Gasteiger partial charge in [-0.05, 0) is 42.3 Å². The van der Waals surface area contributed by atoms with E-state index in [1.165, 1.54) is 29.2 Å². The number of hydrogen-bond acceptors (Lipinski definition) is 3. The van der Waals surface area contributed by atoms with E-state index in [9.17, 15) is 22.8 Å². The van der Waals surface area contributed by atoms with E-state index in [4.69, 9.17) is 0 Å². The molecule has 0 bridgehead atoms. The lowest BCUT2D eigenvalue weighted by molar-refractivity contribution is -0.274. The minimum atomic E-state index is -4.75. The lowest BCUT2D eigenvalue weighted by Crippen LogP contribution is -2.31. The zero-order valence-corrected chi connectivity index (χ0v) is 16.5. The second-order valence-electron chi connectivity index (χ2n) is 6.67. The standard InChI is InChI=1S/C21H23F3N2O3/c1-4-26(14-16-5-9-17(10-6-16)20(28)25(2)3)19(27)13-15-7-11-18(12-8-15)29-21(22,23)24/h5-12H,4,13-14H2,1-3H3. The Balaban J connectivity index is 1.99. The van der Waals surface area contributed by atoms with Crippen molar-refractivity contribution in [3.05, 3.63) is 65.2 Å². The summed E-state index contributed by atoms with van der Waals surface area (Å²) < 4.78 is 40.5. The highest BCUT2D eigenvalue weighted by Crippen LogP contribution is 2.23. The average Bonchev–Trinajstić information content (AvgIpc) is 2.66. The summed E-state index contributed by atoms with van der Waals surface area (Å²) >= 11 is 0. The van der Waals surface area contributed by atoms with Crippen LogP contribution in [0.2, 0.25) is 0 Å². The van der Waals surface area contributed by atoms with E-state index in [1.54, 1.807) is 43.3 Å². The summed E-state index contributed by atoms with van der Waals surface area (Å²) in [6.07, 6.45) is -4.68. The molecule has 0 fully saturated rings. The zero-order valence-electron chi connectivity index (χ0n) is 16.5. The summed E-state index contributed by atoms with van der Waals surface area (Å²) in [6.45, 7) is 2.70. The molecule has 0 saturated heterocycles. The largest absolute Gasteiger partial charge is 0.573 e. The van der Waals surface area contributed by atoms with Crippen molar-refractivity contribution in [2.24, 2.45) is 0 Å². The van der Waals surface area contributed by atoms with Gasteiger partial charge in [0.2, 0.25) is 5.91 Å². The Bertz CT molecular complexity index is 832. The third kappa shape index (κ3) is 6.81. The second-order valence-corrected chi connectivity index (χ2v) is 6.67. The molecule has 0 aromatic heterocycles. The Labute approximate surface area is 167 Å². The van der Waals surface area contributed by atoms with Crippen molar-refractivity contribution in [1.29, 1.82) is 0 Å². The van der Waals surface area contributed by atoms with E-state index in [0.29, 0.717) is 24.2 Å². The molecule has 156 valence electrons. The van der Waals surface area contributed by atoms with Gasteiger partial charge in [-0.1, -0.05) is 24.3 Å². The van der Waals surface area contributed by atoms with E-state index in [0.717, 1.165) is 5.56 Å². The van der Waals surface area contributed by atoms with Crippen LogP contribution in [0.3, 0.4) is 0 Å². The molecule has 0 heterocycles. The molecule has 2 rings (SSSR count). The van der Waals surface area contributed by atoms with Crippen molar-refractivity contribution >= 4 is 11.8 Å². The number of benzene rings is 2. The van der Waals surface area contributed by atoms with Gasteiger partial charge in [0, 0.05) is 32.7 Å². The van der Waals surface area contributed by atoms with Gasteiger partial charge in [-0.15, -0.1) is 13.2 Å². The molecule has 29 heavy (non-hydrogen) atoms. The molecule has 0 spiro atoms. The Kier molecular flexibility index (Phi) is 7.25. The molecular formula is C21H23F3N2O3. The fourth-order valence-corrected chi connectivity index (χ4v) is 2.70. The number of likely N-dealkylation sites (N-methyl/N-ethyl adjacent to an activating group) is 1. The number of amides is 2. The molecule has 5 nitrogen and oxygen atoms in total. The van der Waals surface area contributed by atoms with Gasteiger partial charge < -0.3 is 14.5 Å². The van der Waals surface area contributed by atoms with Gasteiger partial charge in [-0.25, -0.2) is 0 Å². The van der Waals surface area contributed by atoms with E-state index >= 15 is 0 Å². The number of carbonyl (C=O) groups excluding carboxylic acids is 2. The first-order valence-corrected chi connectivity index (χ1v) is 9.02. The van der Waals surface area contributed by atoms with Crippen molar-refractivity contribution in [2.75, 3.05) is 20.6 Å². The molecule has 8 heteroatoms. The predicted octanol–water partition coefficient (Wildman–Crippen LogP) is 3.88. The molecule has 0 aliphatic carbocycles. The van der Waals surface area contributed by atoms with E-state index < -0.39 is 6.36 Å². The quantitative estimate of drug-likeness (QED) is 0.699. The molecule has 0 radical (unpaired) electrons. The summed E-state index contributed by atoms with van der Waals surface area (Å²) in [5, 5.41) is 0. The number of nitrogens with zero attached hydrogens (tertiary/aromatic N) is 2. The predicted molar refractivity (Wildman–Crippen MR) is 102 cm³/mol. The minimum absolute atomic E-state index is 0.0668. The first-order chi connectivity index (χ1) is 13.6. The average molecular weight is 408 g/mol. The van der Waals surface area contributed by atoms with Crippen LogP contribution in [-0.4, -0.2) is 48.6 Å². The van der Waals surface area contributed by atoms with Crippen LogP contribution >= 0.6 is 0 Å². The van der Waals surface area contributed by atoms with Crippen LogP contribution in [0.1, 0.15) is 28.4 Å². The highest BCUT2D eigenvalue weighted by atomic mass is 19.4. The van der Waals surface area contributed by atoms with Crippen LogP contribution < -0.4 is 4.74 Å². The minimum Gasteiger partial charge on any atom is -0.406 e. The van der Waals surface area contributed by atoms with Gasteiger partial charge in [-0.3, -0.25) is 9.59 Å². The number of rotatable bonds is 7. The molecule has 2 aromatic rings. The lowest BCUT2D eigenvalue weighted by Gasteiger charge is -2.21. The van der Waals surface area contributed by atoms with Crippen LogP contribution in [0, 0.1) is 0 Å². The smallest absolute Gasteiger partial charge is 0.406 e. The third-order valence-electron chi connectivity index (χ3n) is 4.23. The molecule has 0 N–H and O–H groups in total. The normalized spacial score (nSPS) is 11.1. The fraction of sp³-hybridized carbons (Fsp3) is 0.333. The van der Waals surface area contributed by atoms with Gasteiger partial charge in [0.25, 0.3) is 5.91 Å². The first-order valence-electron chi connectivity index (χ1n) is 9.02. The van der Waals surface area contributed by atoms with Crippen LogP contribution in [0.5, 0.6) is 5.75 Å². The van der Waals surface area contributed by atoms with E-state index in [2.05, 4.69) is 4.74 Å². The Morgan fingerprint density at radius 2 is 1.48 bits per heavy atom. The topological polar surface area (TPSA) is 49.9 Å². The maximum atomic E-state index is 12.6. The summed E-state index contributed by atoms with van der Waals surface area (Å²) in [7, 11) is 3.35. The number of ether oxygens (including phenoxy) is 1. The Hall–Kier alpha value is -3.03. The SMILES string of the molecule is CCN(Cc1ccc(C(=O)N(C)C)cc1)C(=O)Cc1ccc(OC(F)(F)F)cc1. The molecule has 0 aliphatic heterocycles. The molecule has 2 amide bonds. The van der Waals surface area contributed by atoms with Gasteiger partial charge in [0.15, 0.2) is 0 Å². The van der Waals surface area contributed by atoms with Crippen LogP contribution in [-0.2, 0) is 17.8 Å². The maximum Gasteiger partial charge on any atom is 0.573 e. The summed E-state index contributed by atoms with van der Waals surface area (Å²) in [4.78, 5) is 27.6. The number of alkyl halides is 3. The Morgan fingerprint density at radius 1 is 0.931 bits per heavy atom. The van der Waals surface area contributed by atoms with E-state index in [1.807, 2.05) is 6.92 Å². The summed E-state index contributed by atoms with van der Waals surface area (Å²) in [5.74, 6) is -0.572. The van der Waals surface area contributed by atoms with Crippen LogP contribution in [0.4, 0.5) is 13.2 Å². The molecule has 0 saturated carbocycles. The van der Waals surface area contributed by atoms with Crippen molar-refractivity contribution in [1.82, 2.24) is 9.80 Å². The second kappa shape index (κ2) is 9.45. The zero-order chi connectivity index (χ0) is 21.6. The van der Waals surface area contributed by atoms with Crippen LogP contribution in [0.15, 0.2) is 48.5 Å². The molecular weight excluding hydrogens is 385 g/mol. The van der Waals surface area contributed by atoms with Gasteiger partial charge in [0.1, 0.15) is 5.75 Å². The fourth-order valence-electron chi connectivity index (χ4n) is 2.70. The van der Waals surface area contributed by atoms with Gasteiger partial charge >= 0.3 is 6.36 Å². The summed E-state index contributed by atoms with van der Waals surface area (Å²) in [6, 6.07) is 12.3. The first kappa shape index (κ1) is 22.3. The highest BCUT2D eigenvalue weighted by Gasteiger charge is 2.31. The lowest BCUT2D eigenvalue weighted by atomic mass is 10.1. The number of carbonyl (C=O) groups is 2. The van der Waals surface area contributed by atoms with Crippen molar-refractivity contribution in [2.45, 2.75) is 26.3 Å². The van der Waals surface area contributed by atoms with Crippen LogP contribution in [0.25, 0.3) is 0 Å².